The van der Waals surface area contributed by atoms with E-state index in [1.54, 1.807) is 0 Å². The molecule has 12 rings (SSSR count). The summed E-state index contributed by atoms with van der Waals surface area (Å²) in [6.45, 7) is 0. The molecule has 12 aromatic rings. The number of rotatable bonds is 8. The number of hydrogen-bond donors (Lipinski definition) is 0. The normalized spacial score (nSPS) is 11.5. The molecule has 10 aromatic carbocycles. The second-order valence-corrected chi connectivity index (χ2v) is 16.1. The molecular weight excluding hydrogens is 765 g/mol. The molecule has 0 unspecified atom stereocenters. The van der Waals surface area contributed by atoms with Crippen LogP contribution in [0.5, 0.6) is 0 Å². The molecule has 0 fully saturated rings. The predicted molar refractivity (Wildman–Crippen MR) is 264 cm³/mol. The van der Waals surface area contributed by atoms with Gasteiger partial charge < -0.3 is 13.9 Å². The van der Waals surface area contributed by atoms with Crippen LogP contribution in [0.2, 0.25) is 0 Å². The van der Waals surface area contributed by atoms with E-state index in [1.807, 2.05) is 0 Å². The van der Waals surface area contributed by atoms with Crippen LogP contribution < -0.4 is 4.90 Å². The molecule has 3 heteroatoms. The van der Waals surface area contributed by atoms with Gasteiger partial charge in [-0.2, -0.15) is 0 Å². The molecule has 0 aliphatic rings. The first-order chi connectivity index (χ1) is 31.2. The topological polar surface area (TPSA) is 21.3 Å². The summed E-state index contributed by atoms with van der Waals surface area (Å²) in [5.41, 5.74) is 17.7. The molecule has 0 saturated carbocycles. The van der Waals surface area contributed by atoms with Crippen LogP contribution in [0, 0.1) is 0 Å². The molecule has 0 saturated heterocycles. The lowest BCUT2D eigenvalue weighted by Crippen LogP contribution is -2.10. The number of furan rings is 1. The van der Waals surface area contributed by atoms with Gasteiger partial charge in [-0.05, 0) is 99.6 Å². The fourth-order valence-electron chi connectivity index (χ4n) is 9.43. The summed E-state index contributed by atoms with van der Waals surface area (Å²) >= 11 is 0. The third kappa shape index (κ3) is 6.38. The summed E-state index contributed by atoms with van der Waals surface area (Å²) in [5.74, 6) is 0. The van der Waals surface area contributed by atoms with E-state index in [0.717, 1.165) is 72.2 Å². The SMILES string of the molecule is c1ccc(-c2ccc(-c3c4c(cc5c3c3cc(N(c6ccc(-c7ccccc7)cc6)c6ccc(-c7ccccc7)cc6)ccc3n5-c3ccccc3)oc3ccccc34)cc2)cc1. The van der Waals surface area contributed by atoms with Gasteiger partial charge in [0.05, 0.1) is 11.0 Å². The zero-order valence-corrected chi connectivity index (χ0v) is 34.4. The maximum atomic E-state index is 6.74. The van der Waals surface area contributed by atoms with Crippen molar-refractivity contribution in [3.8, 4) is 50.2 Å². The van der Waals surface area contributed by atoms with Crippen molar-refractivity contribution in [1.29, 1.82) is 0 Å². The van der Waals surface area contributed by atoms with Crippen molar-refractivity contribution in [3.63, 3.8) is 0 Å². The van der Waals surface area contributed by atoms with Gasteiger partial charge in [-0.1, -0.05) is 176 Å². The highest BCUT2D eigenvalue weighted by Crippen LogP contribution is 2.48. The zero-order valence-electron chi connectivity index (χ0n) is 34.4. The quantitative estimate of drug-likeness (QED) is 0.153. The fourth-order valence-corrected chi connectivity index (χ4v) is 9.43. The Morgan fingerprint density at radius 1 is 0.302 bits per heavy atom. The molecule has 0 amide bonds. The molecule has 2 aromatic heterocycles. The molecule has 2 heterocycles. The lowest BCUT2D eigenvalue weighted by atomic mass is 9.93. The highest BCUT2D eigenvalue weighted by molar-refractivity contribution is 6.27. The summed E-state index contributed by atoms with van der Waals surface area (Å²) in [4.78, 5) is 2.38. The highest BCUT2D eigenvalue weighted by Gasteiger charge is 2.24. The summed E-state index contributed by atoms with van der Waals surface area (Å²) in [6.07, 6.45) is 0. The largest absolute Gasteiger partial charge is 0.456 e. The average Bonchev–Trinajstić information content (AvgIpc) is 3.90. The Balaban J connectivity index is 1.13. The summed E-state index contributed by atoms with van der Waals surface area (Å²) in [7, 11) is 0. The number of para-hydroxylation sites is 2. The van der Waals surface area contributed by atoms with E-state index in [4.69, 9.17) is 4.42 Å². The Labute approximate surface area is 366 Å². The second kappa shape index (κ2) is 15.3. The van der Waals surface area contributed by atoms with Crippen LogP contribution in [0.1, 0.15) is 0 Å². The van der Waals surface area contributed by atoms with Crippen molar-refractivity contribution in [2.45, 2.75) is 0 Å². The van der Waals surface area contributed by atoms with Crippen molar-refractivity contribution in [2.75, 3.05) is 4.90 Å². The number of benzene rings is 10. The minimum absolute atomic E-state index is 0.865. The lowest BCUT2D eigenvalue weighted by Gasteiger charge is -2.26. The van der Waals surface area contributed by atoms with Gasteiger partial charge in [-0.15, -0.1) is 0 Å². The maximum absolute atomic E-state index is 6.74. The lowest BCUT2D eigenvalue weighted by molar-refractivity contribution is 0.669. The van der Waals surface area contributed by atoms with Crippen molar-refractivity contribution >= 4 is 60.8 Å². The van der Waals surface area contributed by atoms with Crippen molar-refractivity contribution < 1.29 is 4.42 Å². The fraction of sp³-hybridized carbons (Fsp3) is 0. The van der Waals surface area contributed by atoms with Crippen LogP contribution in [0.15, 0.2) is 247 Å². The number of fused-ring (bicyclic) bond motifs is 6. The van der Waals surface area contributed by atoms with Gasteiger partial charge in [0, 0.05) is 55.9 Å². The van der Waals surface area contributed by atoms with Crippen LogP contribution in [0.3, 0.4) is 0 Å². The van der Waals surface area contributed by atoms with Crippen LogP contribution in [-0.4, -0.2) is 4.57 Å². The molecule has 296 valence electrons. The highest BCUT2D eigenvalue weighted by atomic mass is 16.3. The molecule has 0 bridgehead atoms. The van der Waals surface area contributed by atoms with Gasteiger partial charge in [0.25, 0.3) is 0 Å². The monoisotopic (exact) mass is 804 g/mol. The number of anilines is 3. The van der Waals surface area contributed by atoms with Crippen molar-refractivity contribution in [3.05, 3.63) is 243 Å². The van der Waals surface area contributed by atoms with E-state index in [-0.39, 0.29) is 0 Å². The van der Waals surface area contributed by atoms with Gasteiger partial charge >= 0.3 is 0 Å². The molecule has 0 N–H and O–H groups in total. The van der Waals surface area contributed by atoms with E-state index in [1.165, 1.54) is 38.8 Å². The Morgan fingerprint density at radius 3 is 1.30 bits per heavy atom. The predicted octanol–water partition coefficient (Wildman–Crippen LogP) is 16.8. The van der Waals surface area contributed by atoms with Gasteiger partial charge in [-0.25, -0.2) is 0 Å². The molecular formula is C60H40N2O. The first-order valence-corrected chi connectivity index (χ1v) is 21.5. The first kappa shape index (κ1) is 36.5. The molecule has 0 aliphatic heterocycles. The number of nitrogens with zero attached hydrogens (tertiary/aromatic N) is 2. The minimum atomic E-state index is 0.865. The third-order valence-corrected chi connectivity index (χ3v) is 12.4. The van der Waals surface area contributed by atoms with Gasteiger partial charge in [0.2, 0.25) is 0 Å². The van der Waals surface area contributed by atoms with E-state index in [9.17, 15) is 0 Å². The van der Waals surface area contributed by atoms with Crippen LogP contribution in [0.4, 0.5) is 17.1 Å². The third-order valence-electron chi connectivity index (χ3n) is 12.4. The zero-order chi connectivity index (χ0) is 41.7. The summed E-state index contributed by atoms with van der Waals surface area (Å²) in [6, 6.07) is 87.0. The van der Waals surface area contributed by atoms with Crippen LogP contribution >= 0.6 is 0 Å². The Bertz CT molecular complexity index is 3470. The first-order valence-electron chi connectivity index (χ1n) is 21.5. The molecule has 3 nitrogen and oxygen atoms in total. The Morgan fingerprint density at radius 2 is 0.746 bits per heavy atom. The van der Waals surface area contributed by atoms with E-state index in [2.05, 4.69) is 252 Å². The second-order valence-electron chi connectivity index (χ2n) is 16.1. The average molecular weight is 805 g/mol. The van der Waals surface area contributed by atoms with Crippen molar-refractivity contribution in [1.82, 2.24) is 4.57 Å². The summed E-state index contributed by atoms with van der Waals surface area (Å²) in [5, 5.41) is 4.56. The standard InChI is InChI=1S/C60H40N2O/c1-5-15-41(16-6-1)44-25-27-47(28-26-44)58-59-53-39-51(37-38-54(53)62(48-21-11-4-12-22-48)55(59)40-57-60(58)52-23-13-14-24-56(52)63-57)61(49-33-29-45(30-34-49)42-17-7-2-8-18-42)50-35-31-46(32-36-50)43-19-9-3-10-20-43/h1-40H. The summed E-state index contributed by atoms with van der Waals surface area (Å²) < 4.78 is 9.14. The minimum Gasteiger partial charge on any atom is -0.456 e. The smallest absolute Gasteiger partial charge is 0.138 e. The molecule has 0 spiro atoms. The number of aromatic nitrogens is 1. The molecule has 63 heavy (non-hydrogen) atoms. The van der Waals surface area contributed by atoms with Gasteiger partial charge in [0.1, 0.15) is 11.2 Å². The van der Waals surface area contributed by atoms with E-state index >= 15 is 0 Å². The van der Waals surface area contributed by atoms with E-state index in [0.29, 0.717) is 0 Å². The van der Waals surface area contributed by atoms with Crippen LogP contribution in [-0.2, 0) is 0 Å². The Hall–Kier alpha value is -8.40. The maximum Gasteiger partial charge on any atom is 0.138 e. The molecule has 0 atom stereocenters. The van der Waals surface area contributed by atoms with Crippen molar-refractivity contribution in [2.24, 2.45) is 0 Å². The van der Waals surface area contributed by atoms with Gasteiger partial charge in [-0.3, -0.25) is 0 Å². The number of hydrogen-bond acceptors (Lipinski definition) is 2. The van der Waals surface area contributed by atoms with E-state index < -0.39 is 0 Å². The molecule has 0 aliphatic carbocycles. The van der Waals surface area contributed by atoms with Gasteiger partial charge in [0.15, 0.2) is 0 Å². The van der Waals surface area contributed by atoms with Crippen LogP contribution in [0.25, 0.3) is 93.9 Å². The molecule has 0 radical (unpaired) electrons. The Kier molecular flexibility index (Phi) is 8.83.